The number of alkyl halides is 3. The third-order valence-electron chi connectivity index (χ3n) is 10.2. The van der Waals surface area contributed by atoms with Gasteiger partial charge in [-0.2, -0.15) is 13.2 Å². The summed E-state index contributed by atoms with van der Waals surface area (Å²) in [5.41, 5.74) is 1.61. The molecule has 0 bridgehead atoms. The summed E-state index contributed by atoms with van der Waals surface area (Å²) in [6, 6.07) is 10.6. The molecule has 0 radical (unpaired) electrons. The van der Waals surface area contributed by atoms with Crippen molar-refractivity contribution >= 4 is 11.6 Å². The van der Waals surface area contributed by atoms with Gasteiger partial charge in [-0.3, -0.25) is 4.79 Å². The highest BCUT2D eigenvalue weighted by Gasteiger charge is 2.60. The smallest absolute Gasteiger partial charge is 0.320 e. The van der Waals surface area contributed by atoms with Crippen molar-refractivity contribution in [1.82, 2.24) is 20.1 Å². The Bertz CT molecular complexity index is 1500. The second-order valence-corrected chi connectivity index (χ2v) is 12.9. The lowest BCUT2D eigenvalue weighted by Crippen LogP contribution is -2.54. The highest BCUT2D eigenvalue weighted by molar-refractivity contribution is 6.10. The molecule has 1 aromatic heterocycles. The number of anilines is 1. The van der Waals surface area contributed by atoms with Crippen LogP contribution in [0.25, 0.3) is 0 Å². The van der Waals surface area contributed by atoms with Crippen molar-refractivity contribution in [2.75, 3.05) is 4.90 Å². The number of hydrogen-bond acceptors (Lipinski definition) is 4. The van der Waals surface area contributed by atoms with Crippen LogP contribution in [0, 0.1) is 5.41 Å². The summed E-state index contributed by atoms with van der Waals surface area (Å²) in [5.74, 6) is 0.515. The molecule has 3 aliphatic carbocycles. The molecule has 0 unspecified atom stereocenters. The monoisotopic (exact) mass is 551 g/mol. The number of nitrogens with one attached hydrogen (secondary N) is 1. The number of hydrogen-bond donors (Lipinski definition) is 1. The van der Waals surface area contributed by atoms with Crippen LogP contribution in [0.1, 0.15) is 98.2 Å². The molecule has 3 aromatic rings. The molecular formula is C31H36F3N5O. The quantitative estimate of drug-likeness (QED) is 0.379. The van der Waals surface area contributed by atoms with E-state index in [0.29, 0.717) is 23.2 Å². The average molecular weight is 552 g/mol. The largest absolute Gasteiger partial charge is 0.416 e. The van der Waals surface area contributed by atoms with Crippen LogP contribution < -0.4 is 10.2 Å². The fraction of sp³-hybridized carbons (Fsp3) is 0.516. The Kier molecular flexibility index (Phi) is 5.57. The Hall–Kier alpha value is -3.20. The molecule has 3 saturated carbocycles. The van der Waals surface area contributed by atoms with E-state index in [9.17, 15) is 18.0 Å². The minimum absolute atomic E-state index is 0. The summed E-state index contributed by atoms with van der Waals surface area (Å²) in [5, 5.41) is 12.0. The molecule has 0 saturated heterocycles. The normalized spacial score (nSPS) is 22.0. The van der Waals surface area contributed by atoms with Crippen LogP contribution in [-0.2, 0) is 31.7 Å². The maximum Gasteiger partial charge on any atom is 0.416 e. The van der Waals surface area contributed by atoms with Crippen molar-refractivity contribution in [3.05, 3.63) is 76.4 Å². The topological polar surface area (TPSA) is 63.1 Å². The Morgan fingerprint density at radius 1 is 1.07 bits per heavy atom. The Labute approximate surface area is 233 Å². The number of carbonyl (C=O) groups excluding carboxylic acids is 1. The highest BCUT2D eigenvalue weighted by Crippen LogP contribution is 2.67. The zero-order valence-corrected chi connectivity index (χ0v) is 22.9. The zero-order valence-electron chi connectivity index (χ0n) is 22.9. The lowest BCUT2D eigenvalue weighted by atomic mass is 9.43. The number of rotatable bonds is 6. The van der Waals surface area contributed by atoms with Gasteiger partial charge in [0.05, 0.1) is 17.5 Å². The van der Waals surface area contributed by atoms with Gasteiger partial charge in [0.25, 0.3) is 5.91 Å². The average Bonchev–Trinajstić information content (AvgIpc) is 3.43. The van der Waals surface area contributed by atoms with Crippen LogP contribution in [0.3, 0.4) is 0 Å². The molecule has 40 heavy (non-hydrogen) atoms. The van der Waals surface area contributed by atoms with E-state index < -0.39 is 11.7 Å². The lowest BCUT2D eigenvalue weighted by Gasteiger charge is -2.60. The van der Waals surface area contributed by atoms with Gasteiger partial charge < -0.3 is 14.8 Å². The summed E-state index contributed by atoms with van der Waals surface area (Å²) in [6.45, 7) is 2.30. The fourth-order valence-electron chi connectivity index (χ4n) is 7.67. The molecule has 6 nitrogen and oxygen atoms in total. The zero-order chi connectivity index (χ0) is 27.9. The summed E-state index contributed by atoms with van der Waals surface area (Å²) in [7, 11) is 1.95. The van der Waals surface area contributed by atoms with Gasteiger partial charge in [0.2, 0.25) is 0 Å². The van der Waals surface area contributed by atoms with E-state index in [0.717, 1.165) is 43.5 Å². The Balaban J connectivity index is 0.00000302. The first-order valence-corrected chi connectivity index (χ1v) is 14.3. The maximum absolute atomic E-state index is 14.2. The lowest BCUT2D eigenvalue weighted by molar-refractivity contribution is -0.138. The van der Waals surface area contributed by atoms with Gasteiger partial charge in [0, 0.05) is 31.8 Å². The van der Waals surface area contributed by atoms with Gasteiger partial charge in [-0.25, -0.2) is 0 Å². The molecular weight excluding hydrogens is 515 g/mol. The molecule has 9 heteroatoms. The van der Waals surface area contributed by atoms with Crippen molar-refractivity contribution < 1.29 is 19.4 Å². The van der Waals surface area contributed by atoms with Crippen LogP contribution in [0.5, 0.6) is 0 Å². The van der Waals surface area contributed by atoms with E-state index in [1.165, 1.54) is 30.2 Å². The third-order valence-corrected chi connectivity index (χ3v) is 10.2. The van der Waals surface area contributed by atoms with Crippen LogP contribution in [0.4, 0.5) is 18.9 Å². The first-order chi connectivity index (χ1) is 19.0. The van der Waals surface area contributed by atoms with Crippen molar-refractivity contribution in [1.29, 1.82) is 0 Å². The number of nitrogens with zero attached hydrogens (tertiary/aromatic N) is 4. The first kappa shape index (κ1) is 25.7. The molecule has 2 aromatic carbocycles. The number of amides is 1. The van der Waals surface area contributed by atoms with Crippen LogP contribution in [0.15, 0.2) is 42.7 Å². The predicted octanol–water partition coefficient (Wildman–Crippen LogP) is 6.52. The van der Waals surface area contributed by atoms with Crippen LogP contribution in [-0.4, -0.2) is 26.2 Å². The number of fused-ring (bicyclic) bond motifs is 1. The van der Waals surface area contributed by atoms with Crippen molar-refractivity contribution in [2.45, 2.75) is 88.5 Å². The van der Waals surface area contributed by atoms with Crippen molar-refractivity contribution in [2.24, 2.45) is 12.5 Å². The number of halogens is 3. The van der Waals surface area contributed by atoms with Crippen molar-refractivity contribution in [3.63, 3.8) is 0 Å². The second-order valence-electron chi connectivity index (χ2n) is 12.9. The number of aromatic nitrogens is 3. The van der Waals surface area contributed by atoms with Crippen LogP contribution >= 0.6 is 0 Å². The molecule has 1 aliphatic heterocycles. The molecule has 2 heterocycles. The van der Waals surface area contributed by atoms with Gasteiger partial charge in [0.15, 0.2) is 0 Å². The van der Waals surface area contributed by atoms with E-state index >= 15 is 0 Å². The highest BCUT2D eigenvalue weighted by atomic mass is 19.4. The molecule has 7 rings (SSSR count). The minimum Gasteiger partial charge on any atom is -0.320 e. The molecule has 3 fully saturated rings. The van der Waals surface area contributed by atoms with Gasteiger partial charge >= 0.3 is 6.18 Å². The summed E-state index contributed by atoms with van der Waals surface area (Å²) in [6.07, 6.45) is 5.90. The number of aryl methyl sites for hydroxylation is 1. The SMILES string of the molecule is Cn1cnnc1C1(c2cccc(N3Cc4c(cc(CNC5(C)CCC5)cc4C(F)(F)F)C3=O)c2)CC2(CCC2)C1.[HH]. The Morgan fingerprint density at radius 2 is 1.82 bits per heavy atom. The summed E-state index contributed by atoms with van der Waals surface area (Å²) in [4.78, 5) is 15.2. The van der Waals surface area contributed by atoms with E-state index in [-0.39, 0.29) is 36.0 Å². The van der Waals surface area contributed by atoms with Gasteiger partial charge in [-0.1, -0.05) is 18.6 Å². The summed E-state index contributed by atoms with van der Waals surface area (Å²) >= 11 is 0. The molecule has 1 spiro atoms. The number of benzene rings is 2. The standard InChI is InChI=1S/C31H34F3N5O.H2/c1-28(8-4-9-28)35-15-20-12-23-24(25(13-20)31(32,33)34)16-39(26(23)40)22-7-3-6-21(14-22)30(27-37-36-19-38(27)2)17-29(18-30)10-5-11-29;/h3,6-7,12-14,19,35H,4-5,8-11,15-18H2,1-2H3;1H. The minimum atomic E-state index is -4.54. The third kappa shape index (κ3) is 3.91. The molecule has 1 amide bonds. The molecule has 212 valence electrons. The van der Waals surface area contributed by atoms with Gasteiger partial charge in [-0.05, 0) is 98.2 Å². The predicted molar refractivity (Wildman–Crippen MR) is 147 cm³/mol. The van der Waals surface area contributed by atoms with Crippen molar-refractivity contribution in [3.8, 4) is 0 Å². The molecule has 1 N–H and O–H groups in total. The van der Waals surface area contributed by atoms with E-state index in [2.05, 4.69) is 28.5 Å². The van der Waals surface area contributed by atoms with Gasteiger partial charge in [-0.15, -0.1) is 10.2 Å². The van der Waals surface area contributed by atoms with E-state index in [1.807, 2.05) is 29.8 Å². The van der Waals surface area contributed by atoms with E-state index in [4.69, 9.17) is 0 Å². The Morgan fingerprint density at radius 3 is 2.42 bits per heavy atom. The van der Waals surface area contributed by atoms with E-state index in [1.54, 1.807) is 12.4 Å². The molecule has 4 aliphatic rings. The van der Waals surface area contributed by atoms with Gasteiger partial charge in [0.1, 0.15) is 12.2 Å². The fourth-order valence-corrected chi connectivity index (χ4v) is 7.67. The first-order valence-electron chi connectivity index (χ1n) is 14.3. The second kappa shape index (κ2) is 8.65. The molecule has 0 atom stereocenters. The summed E-state index contributed by atoms with van der Waals surface area (Å²) < 4.78 is 44.7. The number of carbonyl (C=O) groups is 1. The maximum atomic E-state index is 14.2. The van der Waals surface area contributed by atoms with Crippen LogP contribution in [0.2, 0.25) is 0 Å².